The third kappa shape index (κ3) is 3.49. The Kier molecular flexibility index (Phi) is 4.08. The number of thiazole rings is 1. The number of hydrogen-bond donors (Lipinski definition) is 3. The number of thiocarbonyl (C=S) groups is 1. The van der Waals surface area contributed by atoms with Gasteiger partial charge in [0.05, 0.1) is 6.54 Å². The molecule has 0 spiro atoms. The number of carbonyl (C=O) groups is 1. The summed E-state index contributed by atoms with van der Waals surface area (Å²) in [5.41, 5.74) is 7.31. The topological polar surface area (TPSA) is 88.0 Å². The fraction of sp³-hybridized carbons (Fsp3) is 0.0833. The minimum Gasteiger partial charge on any atom is -0.389 e. The Hall–Kier alpha value is -1.99. The molecule has 0 radical (unpaired) electrons. The minimum atomic E-state index is -0.245. The van der Waals surface area contributed by atoms with Gasteiger partial charge in [0.1, 0.15) is 4.99 Å². The third-order valence-electron chi connectivity index (χ3n) is 2.42. The van der Waals surface area contributed by atoms with Gasteiger partial charge in [0.15, 0.2) is 0 Å². The van der Waals surface area contributed by atoms with E-state index in [1.54, 1.807) is 29.6 Å². The Morgan fingerprint density at radius 3 is 2.79 bits per heavy atom. The highest BCUT2D eigenvalue weighted by molar-refractivity contribution is 7.80. The first-order valence-electron chi connectivity index (χ1n) is 5.41. The molecule has 0 aliphatic carbocycles. The Morgan fingerprint density at radius 2 is 2.16 bits per heavy atom. The summed E-state index contributed by atoms with van der Waals surface area (Å²) in [6.45, 7) is 0.273. The second-order valence-electron chi connectivity index (χ2n) is 3.80. The number of nitrogens with two attached hydrogens (primary N) is 1. The van der Waals surface area contributed by atoms with Crippen LogP contribution >= 0.6 is 23.6 Å². The second-order valence-corrected chi connectivity index (χ2v) is 5.08. The fourth-order valence-corrected chi connectivity index (χ4v) is 2.20. The molecule has 0 aliphatic heterocycles. The molecule has 2 aromatic rings. The van der Waals surface area contributed by atoms with Crippen LogP contribution in [-0.4, -0.2) is 15.9 Å². The van der Waals surface area contributed by atoms with Crippen molar-refractivity contribution in [1.82, 2.24) is 10.3 Å². The van der Waals surface area contributed by atoms with E-state index in [0.717, 1.165) is 11.3 Å². The lowest BCUT2D eigenvalue weighted by Gasteiger charge is -2.05. The van der Waals surface area contributed by atoms with E-state index in [9.17, 15) is 9.59 Å². The molecule has 19 heavy (non-hydrogen) atoms. The molecule has 5 nitrogen and oxygen atoms in total. The van der Waals surface area contributed by atoms with E-state index in [-0.39, 0.29) is 22.3 Å². The molecule has 0 atom stereocenters. The first-order chi connectivity index (χ1) is 9.06. The molecule has 7 heteroatoms. The van der Waals surface area contributed by atoms with Gasteiger partial charge in [-0.3, -0.25) is 9.59 Å². The number of hydrogen-bond acceptors (Lipinski definition) is 4. The van der Waals surface area contributed by atoms with Gasteiger partial charge in [-0.2, -0.15) is 0 Å². The molecule has 0 bridgehead atoms. The number of rotatable bonds is 4. The average molecular weight is 293 g/mol. The van der Waals surface area contributed by atoms with Crippen LogP contribution in [0.5, 0.6) is 0 Å². The first kappa shape index (κ1) is 13.4. The maximum Gasteiger partial charge on any atom is 0.304 e. The molecule has 1 aromatic carbocycles. The molecule has 98 valence electrons. The van der Waals surface area contributed by atoms with Crippen molar-refractivity contribution in [3.63, 3.8) is 0 Å². The number of H-pyrrole nitrogens is 1. The summed E-state index contributed by atoms with van der Waals surface area (Å²) in [6.07, 6.45) is 0. The van der Waals surface area contributed by atoms with Crippen LogP contribution in [-0.2, 0) is 6.54 Å². The molecule has 1 heterocycles. The number of nitrogens with one attached hydrogen (secondary N) is 2. The molecule has 2 rings (SSSR count). The van der Waals surface area contributed by atoms with E-state index in [0.29, 0.717) is 16.8 Å². The molecule has 1 amide bonds. The van der Waals surface area contributed by atoms with Gasteiger partial charge in [-0.15, -0.1) is 0 Å². The minimum absolute atomic E-state index is 0.139. The van der Waals surface area contributed by atoms with E-state index >= 15 is 0 Å². The van der Waals surface area contributed by atoms with Crippen LogP contribution in [0, 0.1) is 0 Å². The maximum atomic E-state index is 11.9. The summed E-state index contributed by atoms with van der Waals surface area (Å²) in [5.74, 6) is -0.245. The van der Waals surface area contributed by atoms with Crippen LogP contribution in [0.25, 0.3) is 0 Å². The van der Waals surface area contributed by atoms with Crippen molar-refractivity contribution in [2.24, 2.45) is 5.73 Å². The molecular formula is C12H11N3O2S2. The molecule has 4 N–H and O–H groups in total. The van der Waals surface area contributed by atoms with Crippen molar-refractivity contribution >= 4 is 34.5 Å². The van der Waals surface area contributed by atoms with Crippen molar-refractivity contribution in [2.45, 2.75) is 6.54 Å². The van der Waals surface area contributed by atoms with Crippen LogP contribution < -0.4 is 15.9 Å². The number of aromatic nitrogens is 1. The van der Waals surface area contributed by atoms with Crippen LogP contribution in [0.3, 0.4) is 0 Å². The lowest BCUT2D eigenvalue weighted by atomic mass is 10.1. The molecular weight excluding hydrogens is 282 g/mol. The molecule has 0 aliphatic rings. The predicted octanol–water partition coefficient (Wildman–Crippen LogP) is 1.00. The zero-order valence-electron chi connectivity index (χ0n) is 9.80. The van der Waals surface area contributed by atoms with Crippen molar-refractivity contribution in [3.8, 4) is 0 Å². The van der Waals surface area contributed by atoms with Crippen LogP contribution in [0.2, 0.25) is 0 Å². The van der Waals surface area contributed by atoms with Crippen LogP contribution in [0.4, 0.5) is 0 Å². The summed E-state index contributed by atoms with van der Waals surface area (Å²) in [5, 5.41) is 4.38. The average Bonchev–Trinajstić information content (AvgIpc) is 2.82. The Bertz CT molecular complexity index is 675. The molecule has 0 fully saturated rings. The molecule has 0 unspecified atom stereocenters. The third-order valence-corrected chi connectivity index (χ3v) is 3.37. The lowest BCUT2D eigenvalue weighted by molar-refractivity contribution is 0.0950. The predicted molar refractivity (Wildman–Crippen MR) is 78.4 cm³/mol. The van der Waals surface area contributed by atoms with E-state index in [1.165, 1.54) is 0 Å². The second kappa shape index (κ2) is 5.77. The normalized spacial score (nSPS) is 10.1. The standard InChI is InChI=1S/C12H11N3O2S2/c13-10(18)7-2-1-3-8(4-7)11(16)14-5-9-6-19-12(17)15-9/h1-4,6H,5H2,(H2,13,18)(H,14,16)(H,15,17). The Labute approximate surface area is 118 Å². The van der Waals surface area contributed by atoms with E-state index < -0.39 is 0 Å². The van der Waals surface area contributed by atoms with Gasteiger partial charge in [-0.25, -0.2) is 0 Å². The van der Waals surface area contributed by atoms with Gasteiger partial charge in [0, 0.05) is 22.2 Å². The fourth-order valence-electron chi connectivity index (χ4n) is 1.49. The summed E-state index contributed by atoms with van der Waals surface area (Å²) in [4.78, 5) is 25.6. The zero-order valence-corrected chi connectivity index (χ0v) is 11.4. The highest BCUT2D eigenvalue weighted by Crippen LogP contribution is 2.05. The number of benzene rings is 1. The highest BCUT2D eigenvalue weighted by Gasteiger charge is 2.07. The quantitative estimate of drug-likeness (QED) is 0.734. The van der Waals surface area contributed by atoms with Gasteiger partial charge < -0.3 is 16.0 Å². The Balaban J connectivity index is 2.05. The van der Waals surface area contributed by atoms with Gasteiger partial charge in [-0.05, 0) is 12.1 Å². The van der Waals surface area contributed by atoms with Gasteiger partial charge >= 0.3 is 4.87 Å². The van der Waals surface area contributed by atoms with Gasteiger partial charge in [0.2, 0.25) is 0 Å². The first-order valence-corrected chi connectivity index (χ1v) is 6.70. The van der Waals surface area contributed by atoms with Crippen LogP contribution in [0.15, 0.2) is 34.4 Å². The number of carbonyl (C=O) groups excluding carboxylic acids is 1. The maximum absolute atomic E-state index is 11.9. The monoisotopic (exact) mass is 293 g/mol. The largest absolute Gasteiger partial charge is 0.389 e. The summed E-state index contributed by atoms with van der Waals surface area (Å²) >= 11 is 5.92. The van der Waals surface area contributed by atoms with Gasteiger partial charge in [-0.1, -0.05) is 35.7 Å². The highest BCUT2D eigenvalue weighted by atomic mass is 32.1. The van der Waals surface area contributed by atoms with Crippen molar-refractivity contribution in [3.05, 3.63) is 56.1 Å². The SMILES string of the molecule is NC(=S)c1cccc(C(=O)NCc2csc(=O)[nH]2)c1. The summed E-state index contributed by atoms with van der Waals surface area (Å²) in [7, 11) is 0. The lowest BCUT2D eigenvalue weighted by Crippen LogP contribution is -2.23. The zero-order chi connectivity index (χ0) is 13.8. The van der Waals surface area contributed by atoms with Crippen LogP contribution in [0.1, 0.15) is 21.6 Å². The number of aromatic amines is 1. The molecule has 0 saturated carbocycles. The van der Waals surface area contributed by atoms with E-state index in [4.69, 9.17) is 18.0 Å². The molecule has 1 aromatic heterocycles. The Morgan fingerprint density at radius 1 is 1.42 bits per heavy atom. The summed E-state index contributed by atoms with van der Waals surface area (Å²) < 4.78 is 0. The summed E-state index contributed by atoms with van der Waals surface area (Å²) in [6, 6.07) is 6.77. The smallest absolute Gasteiger partial charge is 0.304 e. The number of amides is 1. The van der Waals surface area contributed by atoms with Crippen molar-refractivity contribution < 1.29 is 4.79 Å². The van der Waals surface area contributed by atoms with E-state index in [2.05, 4.69) is 10.3 Å². The van der Waals surface area contributed by atoms with Crippen molar-refractivity contribution in [1.29, 1.82) is 0 Å². The van der Waals surface area contributed by atoms with E-state index in [1.807, 2.05) is 0 Å². The molecule has 0 saturated heterocycles. The van der Waals surface area contributed by atoms with Crippen molar-refractivity contribution in [2.75, 3.05) is 0 Å². The van der Waals surface area contributed by atoms with Gasteiger partial charge in [0.25, 0.3) is 5.91 Å².